The molecule has 2 N–H and O–H groups in total. The number of methoxy groups -OCH3 is 4. The molecule has 7 heteroatoms. The van der Waals surface area contributed by atoms with Gasteiger partial charge >= 0.3 is 0 Å². The smallest absolute Gasteiger partial charge is 0.161 e. The molecule has 0 aromatic heterocycles. The highest BCUT2D eigenvalue weighted by Gasteiger charge is 2.41. The number of hydrogen-bond acceptors (Lipinski definition) is 6. The van der Waals surface area contributed by atoms with Gasteiger partial charge in [-0.05, 0) is 59.7 Å². The van der Waals surface area contributed by atoms with Gasteiger partial charge in [-0.3, -0.25) is 4.90 Å². The van der Waals surface area contributed by atoms with Gasteiger partial charge in [0.25, 0.3) is 0 Å². The van der Waals surface area contributed by atoms with Gasteiger partial charge in [-0.15, -0.1) is 12.4 Å². The molecule has 0 radical (unpaired) electrons. The molecule has 2 aromatic rings. The van der Waals surface area contributed by atoms with Crippen LogP contribution in [0.25, 0.3) is 0 Å². The van der Waals surface area contributed by atoms with Gasteiger partial charge in [0.1, 0.15) is 0 Å². The van der Waals surface area contributed by atoms with Gasteiger partial charge in [-0.25, -0.2) is 0 Å². The molecule has 0 amide bonds. The molecule has 2 aliphatic rings. The highest BCUT2D eigenvalue weighted by Crippen LogP contribution is 2.48. The standard InChI is InChI=1S/C27H38N2O4.ClH/c1-6-7-8-18-15-29-16-21(17-9-10-24(30-2)25(11-17)31-3)19-12-26(32-4)27(33-5)13-20(19)23(29)14-22(18)28;/h9-13,18,21-23H,6-8,14-16,28H2,1-5H3;1H/t18-,21-,22-,23-;/m1./s1. The Balaban J connectivity index is 0.00000324. The van der Waals surface area contributed by atoms with Crippen molar-refractivity contribution in [2.45, 2.75) is 50.6 Å². The summed E-state index contributed by atoms with van der Waals surface area (Å²) in [7, 11) is 6.75. The van der Waals surface area contributed by atoms with E-state index in [2.05, 4.69) is 36.1 Å². The molecule has 2 aromatic carbocycles. The fraction of sp³-hybridized carbons (Fsp3) is 0.556. The normalized spacial score (nSPS) is 23.8. The lowest BCUT2D eigenvalue weighted by Gasteiger charge is -2.48. The first-order valence-electron chi connectivity index (χ1n) is 12.0. The van der Waals surface area contributed by atoms with Gasteiger partial charge in [0.05, 0.1) is 28.4 Å². The number of benzene rings is 2. The van der Waals surface area contributed by atoms with E-state index >= 15 is 0 Å². The molecule has 0 unspecified atom stereocenters. The van der Waals surface area contributed by atoms with Crippen LogP contribution in [0.5, 0.6) is 23.0 Å². The van der Waals surface area contributed by atoms with Crippen LogP contribution in [-0.2, 0) is 0 Å². The monoisotopic (exact) mass is 490 g/mol. The lowest BCUT2D eigenvalue weighted by molar-refractivity contribution is 0.0728. The summed E-state index contributed by atoms with van der Waals surface area (Å²) >= 11 is 0. The zero-order chi connectivity index (χ0) is 23.5. The third kappa shape index (κ3) is 4.95. The van der Waals surface area contributed by atoms with E-state index in [1.54, 1.807) is 28.4 Å². The van der Waals surface area contributed by atoms with Crippen molar-refractivity contribution < 1.29 is 18.9 Å². The Hall–Kier alpha value is -2.15. The number of hydrogen-bond donors (Lipinski definition) is 1. The van der Waals surface area contributed by atoms with Crippen LogP contribution in [0.15, 0.2) is 30.3 Å². The average Bonchev–Trinajstić information content (AvgIpc) is 2.85. The molecule has 4 rings (SSSR count). The Morgan fingerprint density at radius 3 is 2.09 bits per heavy atom. The van der Waals surface area contributed by atoms with Gasteiger partial charge in [0.15, 0.2) is 23.0 Å². The molecule has 34 heavy (non-hydrogen) atoms. The maximum Gasteiger partial charge on any atom is 0.161 e. The zero-order valence-corrected chi connectivity index (χ0v) is 21.8. The van der Waals surface area contributed by atoms with Gasteiger partial charge in [0, 0.05) is 31.1 Å². The van der Waals surface area contributed by atoms with Crippen LogP contribution < -0.4 is 24.7 Å². The van der Waals surface area contributed by atoms with E-state index in [0.717, 1.165) is 42.5 Å². The number of ether oxygens (including phenoxy) is 4. The minimum atomic E-state index is 0. The molecule has 0 spiro atoms. The summed E-state index contributed by atoms with van der Waals surface area (Å²) in [5.74, 6) is 3.75. The van der Waals surface area contributed by atoms with Crippen molar-refractivity contribution in [1.29, 1.82) is 0 Å². The van der Waals surface area contributed by atoms with Gasteiger partial charge in [-0.1, -0.05) is 25.8 Å². The molecular formula is C27H39ClN2O4. The van der Waals surface area contributed by atoms with E-state index in [1.165, 1.54) is 36.0 Å². The maximum absolute atomic E-state index is 6.71. The number of rotatable bonds is 8. The molecular weight excluding hydrogens is 452 g/mol. The van der Waals surface area contributed by atoms with Crippen molar-refractivity contribution in [3.05, 3.63) is 47.0 Å². The van der Waals surface area contributed by atoms with Crippen LogP contribution in [0.1, 0.15) is 61.3 Å². The van der Waals surface area contributed by atoms with Crippen LogP contribution >= 0.6 is 12.4 Å². The minimum absolute atomic E-state index is 0. The SMILES string of the molecule is CCCC[C@@H]1CN2C[C@H](c3ccc(OC)c(OC)c3)c3cc(OC)c(OC)cc3[C@H]2C[C@H]1N.Cl. The summed E-state index contributed by atoms with van der Waals surface area (Å²) < 4.78 is 22.5. The fourth-order valence-corrected chi connectivity index (χ4v) is 5.65. The third-order valence-corrected chi connectivity index (χ3v) is 7.49. The first-order chi connectivity index (χ1) is 16.0. The summed E-state index contributed by atoms with van der Waals surface area (Å²) in [6, 6.07) is 11.1. The number of nitrogens with two attached hydrogens (primary N) is 1. The third-order valence-electron chi connectivity index (χ3n) is 7.49. The van der Waals surface area contributed by atoms with E-state index < -0.39 is 0 Å². The second kappa shape index (κ2) is 11.5. The van der Waals surface area contributed by atoms with E-state index in [9.17, 15) is 0 Å². The van der Waals surface area contributed by atoms with Crippen LogP contribution in [0.2, 0.25) is 0 Å². The molecule has 1 fully saturated rings. The van der Waals surface area contributed by atoms with E-state index in [-0.39, 0.29) is 24.4 Å². The summed E-state index contributed by atoms with van der Waals surface area (Å²) in [4.78, 5) is 2.64. The van der Waals surface area contributed by atoms with Crippen LogP contribution in [0, 0.1) is 5.92 Å². The van der Waals surface area contributed by atoms with E-state index in [4.69, 9.17) is 24.7 Å². The van der Waals surface area contributed by atoms with E-state index in [0.29, 0.717) is 12.0 Å². The molecule has 2 heterocycles. The van der Waals surface area contributed by atoms with Crippen molar-refractivity contribution in [2.75, 3.05) is 41.5 Å². The van der Waals surface area contributed by atoms with Crippen molar-refractivity contribution in [1.82, 2.24) is 4.90 Å². The Morgan fingerprint density at radius 1 is 0.853 bits per heavy atom. The maximum atomic E-state index is 6.71. The average molecular weight is 491 g/mol. The fourth-order valence-electron chi connectivity index (χ4n) is 5.65. The Morgan fingerprint density at radius 2 is 1.47 bits per heavy atom. The summed E-state index contributed by atoms with van der Waals surface area (Å²) in [6.45, 7) is 4.22. The zero-order valence-electron chi connectivity index (χ0n) is 21.0. The highest BCUT2D eigenvalue weighted by atomic mass is 35.5. The Kier molecular flexibility index (Phi) is 8.96. The number of unbranched alkanes of at least 4 members (excludes halogenated alkanes) is 1. The molecule has 6 nitrogen and oxygen atoms in total. The minimum Gasteiger partial charge on any atom is -0.493 e. The van der Waals surface area contributed by atoms with Crippen LogP contribution in [-0.4, -0.2) is 52.5 Å². The van der Waals surface area contributed by atoms with Gasteiger partial charge in [0.2, 0.25) is 0 Å². The first kappa shape index (κ1) is 26.5. The lowest BCUT2D eigenvalue weighted by Crippen LogP contribution is -2.51. The molecule has 4 atom stereocenters. The predicted molar refractivity (Wildman–Crippen MR) is 138 cm³/mol. The van der Waals surface area contributed by atoms with Crippen molar-refractivity contribution in [3.63, 3.8) is 0 Å². The highest BCUT2D eigenvalue weighted by molar-refractivity contribution is 5.85. The van der Waals surface area contributed by atoms with Gasteiger partial charge in [-0.2, -0.15) is 0 Å². The molecule has 0 saturated carbocycles. The molecule has 0 bridgehead atoms. The van der Waals surface area contributed by atoms with Crippen LogP contribution in [0.3, 0.4) is 0 Å². The van der Waals surface area contributed by atoms with Crippen molar-refractivity contribution >= 4 is 12.4 Å². The second-order valence-electron chi connectivity index (χ2n) is 9.27. The Labute approximate surface area is 210 Å². The summed E-state index contributed by atoms with van der Waals surface area (Å²) in [5.41, 5.74) is 10.5. The van der Waals surface area contributed by atoms with Crippen molar-refractivity contribution in [3.8, 4) is 23.0 Å². The van der Waals surface area contributed by atoms with Gasteiger partial charge < -0.3 is 24.7 Å². The quantitative estimate of drug-likeness (QED) is 0.550. The molecule has 2 aliphatic heterocycles. The lowest BCUT2D eigenvalue weighted by atomic mass is 9.75. The summed E-state index contributed by atoms with van der Waals surface area (Å²) in [5, 5.41) is 0. The molecule has 0 aliphatic carbocycles. The van der Waals surface area contributed by atoms with Crippen LogP contribution in [0.4, 0.5) is 0 Å². The molecule has 188 valence electrons. The number of piperidine rings is 1. The van der Waals surface area contributed by atoms with Crippen molar-refractivity contribution in [2.24, 2.45) is 11.7 Å². The summed E-state index contributed by atoms with van der Waals surface area (Å²) in [6.07, 6.45) is 4.61. The van der Waals surface area contributed by atoms with E-state index in [1.807, 2.05) is 6.07 Å². The predicted octanol–water partition coefficient (Wildman–Crippen LogP) is 5.17. The Bertz CT molecular complexity index is 970. The second-order valence-corrected chi connectivity index (χ2v) is 9.27. The first-order valence-corrected chi connectivity index (χ1v) is 12.0. The largest absolute Gasteiger partial charge is 0.493 e. The number of nitrogens with zero attached hydrogens (tertiary/aromatic N) is 1. The number of halogens is 1. The number of fused-ring (bicyclic) bond motifs is 3. The molecule has 1 saturated heterocycles. The topological polar surface area (TPSA) is 66.2 Å².